The van der Waals surface area contributed by atoms with Crippen LogP contribution in [0.25, 0.3) is 0 Å². The first-order valence-corrected chi connectivity index (χ1v) is 7.77. The van der Waals surface area contributed by atoms with E-state index in [2.05, 4.69) is 5.32 Å². The molecule has 124 valence electrons. The fraction of sp³-hybridized carbons (Fsp3) is 0.222. The van der Waals surface area contributed by atoms with Crippen LogP contribution in [0.2, 0.25) is 5.02 Å². The smallest absolute Gasteiger partial charge is 0.339 e. The highest BCUT2D eigenvalue weighted by Crippen LogP contribution is 2.32. The van der Waals surface area contributed by atoms with Gasteiger partial charge in [0.05, 0.1) is 18.4 Å². The SMILES string of the molecule is COc1ccccc1NC(=O)C1(C)Cc2cc(Cl)ccc2C(=O)O1. The number of rotatable bonds is 3. The third-order valence-electron chi connectivity index (χ3n) is 3.97. The molecule has 1 heterocycles. The van der Waals surface area contributed by atoms with E-state index >= 15 is 0 Å². The monoisotopic (exact) mass is 345 g/mol. The molecule has 0 bridgehead atoms. The van der Waals surface area contributed by atoms with Crippen molar-refractivity contribution in [1.29, 1.82) is 0 Å². The van der Waals surface area contributed by atoms with Crippen LogP contribution in [0.1, 0.15) is 22.8 Å². The molecule has 1 unspecified atom stereocenters. The molecular weight excluding hydrogens is 330 g/mol. The average molecular weight is 346 g/mol. The van der Waals surface area contributed by atoms with E-state index in [1.54, 1.807) is 49.4 Å². The van der Waals surface area contributed by atoms with Gasteiger partial charge in [-0.25, -0.2) is 4.79 Å². The van der Waals surface area contributed by atoms with E-state index < -0.39 is 17.5 Å². The van der Waals surface area contributed by atoms with Gasteiger partial charge in [-0.2, -0.15) is 0 Å². The summed E-state index contributed by atoms with van der Waals surface area (Å²) < 4.78 is 10.6. The zero-order valence-corrected chi connectivity index (χ0v) is 14.0. The van der Waals surface area contributed by atoms with Gasteiger partial charge in [-0.15, -0.1) is 0 Å². The van der Waals surface area contributed by atoms with E-state index in [1.165, 1.54) is 7.11 Å². The van der Waals surface area contributed by atoms with Crippen molar-refractivity contribution >= 4 is 29.2 Å². The van der Waals surface area contributed by atoms with Gasteiger partial charge < -0.3 is 14.8 Å². The molecule has 0 saturated carbocycles. The number of carbonyl (C=O) groups is 2. The second kappa shape index (κ2) is 6.17. The summed E-state index contributed by atoms with van der Waals surface area (Å²) in [6.07, 6.45) is 0.246. The number of halogens is 1. The molecule has 5 nitrogen and oxygen atoms in total. The Labute approximate surface area is 144 Å². The van der Waals surface area contributed by atoms with Crippen molar-refractivity contribution in [3.63, 3.8) is 0 Å². The predicted molar refractivity (Wildman–Crippen MR) is 90.6 cm³/mol. The van der Waals surface area contributed by atoms with Crippen LogP contribution in [0.5, 0.6) is 5.75 Å². The van der Waals surface area contributed by atoms with Crippen LogP contribution < -0.4 is 10.1 Å². The van der Waals surface area contributed by atoms with Crippen molar-refractivity contribution in [2.24, 2.45) is 0 Å². The summed E-state index contributed by atoms with van der Waals surface area (Å²) >= 11 is 6.00. The minimum absolute atomic E-state index is 0.246. The molecule has 6 heteroatoms. The van der Waals surface area contributed by atoms with Crippen LogP contribution in [0.3, 0.4) is 0 Å². The number of para-hydroxylation sites is 2. The maximum absolute atomic E-state index is 12.7. The van der Waals surface area contributed by atoms with Crippen LogP contribution in [0.15, 0.2) is 42.5 Å². The Bertz CT molecular complexity index is 820. The molecule has 1 N–H and O–H groups in total. The van der Waals surface area contributed by atoms with Crippen molar-refractivity contribution in [3.8, 4) is 5.75 Å². The largest absolute Gasteiger partial charge is 0.495 e. The van der Waals surface area contributed by atoms with Crippen molar-refractivity contribution in [2.45, 2.75) is 18.9 Å². The number of hydrogen-bond acceptors (Lipinski definition) is 4. The highest BCUT2D eigenvalue weighted by atomic mass is 35.5. The Kier molecular flexibility index (Phi) is 4.20. The Morgan fingerprint density at radius 1 is 1.29 bits per heavy atom. The van der Waals surface area contributed by atoms with E-state index in [9.17, 15) is 9.59 Å². The first kappa shape index (κ1) is 16.3. The normalized spacial score (nSPS) is 19.2. The third kappa shape index (κ3) is 2.95. The topological polar surface area (TPSA) is 64.6 Å². The fourth-order valence-electron chi connectivity index (χ4n) is 2.70. The summed E-state index contributed by atoms with van der Waals surface area (Å²) in [5.41, 5.74) is 0.313. The van der Waals surface area contributed by atoms with Gasteiger partial charge in [0.2, 0.25) is 0 Å². The molecule has 1 atom stereocenters. The third-order valence-corrected chi connectivity index (χ3v) is 4.20. The molecule has 0 radical (unpaired) electrons. The lowest BCUT2D eigenvalue weighted by Gasteiger charge is -2.33. The molecule has 1 aliphatic heterocycles. The number of benzene rings is 2. The number of carbonyl (C=O) groups excluding carboxylic acids is 2. The van der Waals surface area contributed by atoms with Crippen LogP contribution in [-0.2, 0) is 16.0 Å². The van der Waals surface area contributed by atoms with Crippen molar-refractivity contribution in [3.05, 3.63) is 58.6 Å². The van der Waals surface area contributed by atoms with Crippen molar-refractivity contribution in [1.82, 2.24) is 0 Å². The van der Waals surface area contributed by atoms with Gasteiger partial charge in [0.15, 0.2) is 5.60 Å². The number of methoxy groups -OCH3 is 1. The fourth-order valence-corrected chi connectivity index (χ4v) is 2.89. The minimum Gasteiger partial charge on any atom is -0.495 e. The van der Waals surface area contributed by atoms with Gasteiger partial charge in [0.1, 0.15) is 5.75 Å². The molecule has 24 heavy (non-hydrogen) atoms. The molecule has 0 aromatic heterocycles. The second-order valence-corrected chi connectivity index (χ2v) is 6.19. The van der Waals surface area contributed by atoms with E-state index in [4.69, 9.17) is 21.1 Å². The Balaban J connectivity index is 1.88. The number of cyclic esters (lactones) is 1. The first-order valence-electron chi connectivity index (χ1n) is 7.39. The van der Waals surface area contributed by atoms with Gasteiger partial charge in [0.25, 0.3) is 5.91 Å². The zero-order valence-electron chi connectivity index (χ0n) is 13.3. The molecule has 3 rings (SSSR count). The molecule has 0 saturated heterocycles. The highest BCUT2D eigenvalue weighted by Gasteiger charge is 2.43. The molecular formula is C18H16ClNO4. The molecule has 0 aliphatic carbocycles. The molecule has 0 spiro atoms. The molecule has 1 aliphatic rings. The molecule has 0 fully saturated rings. The maximum Gasteiger partial charge on any atom is 0.339 e. The lowest BCUT2D eigenvalue weighted by Crippen LogP contribution is -2.48. The number of nitrogens with one attached hydrogen (secondary N) is 1. The van der Waals surface area contributed by atoms with E-state index in [0.29, 0.717) is 27.6 Å². The van der Waals surface area contributed by atoms with Crippen molar-refractivity contribution < 1.29 is 19.1 Å². The summed E-state index contributed by atoms with van der Waals surface area (Å²) in [5.74, 6) is -0.434. The summed E-state index contributed by atoms with van der Waals surface area (Å²) in [6.45, 7) is 1.58. The zero-order chi connectivity index (χ0) is 17.3. The van der Waals surface area contributed by atoms with Crippen LogP contribution >= 0.6 is 11.6 Å². The van der Waals surface area contributed by atoms with Gasteiger partial charge in [-0.1, -0.05) is 23.7 Å². The van der Waals surface area contributed by atoms with Crippen LogP contribution in [0, 0.1) is 0 Å². The molecule has 1 amide bonds. The van der Waals surface area contributed by atoms with Gasteiger partial charge in [0, 0.05) is 11.4 Å². The number of anilines is 1. The summed E-state index contributed by atoms with van der Waals surface area (Å²) in [4.78, 5) is 24.9. The Morgan fingerprint density at radius 3 is 2.79 bits per heavy atom. The Morgan fingerprint density at radius 2 is 2.04 bits per heavy atom. The summed E-state index contributed by atoms with van der Waals surface area (Å²) in [7, 11) is 1.52. The quantitative estimate of drug-likeness (QED) is 0.865. The van der Waals surface area contributed by atoms with Gasteiger partial charge in [-0.05, 0) is 42.8 Å². The minimum atomic E-state index is -1.32. The predicted octanol–water partition coefficient (Wildman–Crippen LogP) is 3.46. The lowest BCUT2D eigenvalue weighted by atomic mass is 9.89. The first-order chi connectivity index (χ1) is 11.4. The lowest BCUT2D eigenvalue weighted by molar-refractivity contribution is -0.134. The highest BCUT2D eigenvalue weighted by molar-refractivity contribution is 6.30. The maximum atomic E-state index is 12.7. The van der Waals surface area contributed by atoms with E-state index in [1.807, 2.05) is 0 Å². The Hall–Kier alpha value is -2.53. The van der Waals surface area contributed by atoms with Crippen LogP contribution in [-0.4, -0.2) is 24.6 Å². The van der Waals surface area contributed by atoms with Gasteiger partial charge >= 0.3 is 5.97 Å². The van der Waals surface area contributed by atoms with Crippen molar-refractivity contribution in [2.75, 3.05) is 12.4 Å². The standard InChI is InChI=1S/C18H16ClNO4/c1-18(17(22)20-14-5-3-4-6-15(14)23-2)10-11-9-12(19)7-8-13(11)16(21)24-18/h3-9H,10H2,1-2H3,(H,20,22). The number of esters is 1. The summed E-state index contributed by atoms with van der Waals surface area (Å²) in [5, 5.41) is 3.27. The average Bonchev–Trinajstić information content (AvgIpc) is 2.54. The molecule has 2 aromatic rings. The van der Waals surface area contributed by atoms with E-state index in [-0.39, 0.29) is 6.42 Å². The second-order valence-electron chi connectivity index (χ2n) is 5.75. The number of ether oxygens (including phenoxy) is 2. The van der Waals surface area contributed by atoms with Crippen LogP contribution in [0.4, 0.5) is 5.69 Å². The number of fused-ring (bicyclic) bond motifs is 1. The molecule has 2 aromatic carbocycles. The number of hydrogen-bond donors (Lipinski definition) is 1. The van der Waals surface area contributed by atoms with E-state index in [0.717, 1.165) is 0 Å². The number of amides is 1. The van der Waals surface area contributed by atoms with Gasteiger partial charge in [-0.3, -0.25) is 4.79 Å². The summed E-state index contributed by atoms with van der Waals surface area (Å²) in [6, 6.07) is 12.0.